The lowest BCUT2D eigenvalue weighted by Gasteiger charge is -1.99. The van der Waals surface area contributed by atoms with E-state index < -0.39 is 11.6 Å². The van der Waals surface area contributed by atoms with Crippen molar-refractivity contribution in [3.63, 3.8) is 0 Å². The molecule has 0 amide bonds. The van der Waals surface area contributed by atoms with E-state index in [1.54, 1.807) is 0 Å². The SMILES string of the molecule is CCCc1ccc(F)cc1F.OS. The number of hydrogen-bond donors (Lipinski definition) is 2. The van der Waals surface area contributed by atoms with Crippen LogP contribution < -0.4 is 0 Å². The van der Waals surface area contributed by atoms with Crippen molar-refractivity contribution in [2.45, 2.75) is 19.8 Å². The maximum atomic E-state index is 12.8. The van der Waals surface area contributed by atoms with E-state index in [0.717, 1.165) is 12.5 Å². The van der Waals surface area contributed by atoms with Gasteiger partial charge in [-0.05, 0) is 31.0 Å². The minimum atomic E-state index is -0.512. The zero-order valence-electron chi connectivity index (χ0n) is 7.30. The molecule has 0 saturated heterocycles. The van der Waals surface area contributed by atoms with Crippen LogP contribution in [0.2, 0.25) is 0 Å². The Morgan fingerprint density at radius 3 is 2.38 bits per heavy atom. The molecule has 0 aliphatic rings. The van der Waals surface area contributed by atoms with Gasteiger partial charge < -0.3 is 4.55 Å². The summed E-state index contributed by atoms with van der Waals surface area (Å²) in [7, 11) is 0. The fraction of sp³-hybridized carbons (Fsp3) is 0.333. The molecule has 0 aliphatic carbocycles. The maximum absolute atomic E-state index is 12.8. The Kier molecular flexibility index (Phi) is 6.54. The Labute approximate surface area is 82.0 Å². The van der Waals surface area contributed by atoms with Crippen molar-refractivity contribution in [1.29, 1.82) is 0 Å². The van der Waals surface area contributed by atoms with E-state index in [9.17, 15) is 8.78 Å². The van der Waals surface area contributed by atoms with Crippen LogP contribution in [0.25, 0.3) is 0 Å². The summed E-state index contributed by atoms with van der Waals surface area (Å²) in [5.74, 6) is -0.950. The van der Waals surface area contributed by atoms with Crippen LogP contribution in [0, 0.1) is 11.6 Å². The maximum Gasteiger partial charge on any atom is 0.129 e. The number of benzene rings is 1. The topological polar surface area (TPSA) is 20.2 Å². The van der Waals surface area contributed by atoms with Gasteiger partial charge in [-0.2, -0.15) is 0 Å². The van der Waals surface area contributed by atoms with Crippen LogP contribution in [-0.2, 0) is 6.42 Å². The van der Waals surface area contributed by atoms with Gasteiger partial charge in [-0.1, -0.05) is 19.4 Å². The molecule has 0 atom stereocenters. The van der Waals surface area contributed by atoms with E-state index >= 15 is 0 Å². The van der Waals surface area contributed by atoms with Crippen LogP contribution in [0.3, 0.4) is 0 Å². The summed E-state index contributed by atoms with van der Waals surface area (Å²) < 4.78 is 31.8. The van der Waals surface area contributed by atoms with Crippen molar-refractivity contribution < 1.29 is 13.3 Å². The van der Waals surface area contributed by atoms with Crippen LogP contribution in [0.15, 0.2) is 18.2 Å². The molecule has 0 aliphatic heterocycles. The van der Waals surface area contributed by atoms with Gasteiger partial charge in [0.25, 0.3) is 0 Å². The van der Waals surface area contributed by atoms with Crippen LogP contribution in [0.4, 0.5) is 8.78 Å². The zero-order chi connectivity index (χ0) is 10.3. The summed E-state index contributed by atoms with van der Waals surface area (Å²) in [6, 6.07) is 3.70. The first-order valence-electron chi connectivity index (χ1n) is 3.88. The summed E-state index contributed by atoms with van der Waals surface area (Å²) in [5.41, 5.74) is 0.592. The number of hydrogen-bond acceptors (Lipinski definition) is 2. The molecule has 0 radical (unpaired) electrons. The number of aryl methyl sites for hydroxylation is 1. The summed E-state index contributed by atoms with van der Waals surface area (Å²) in [6.07, 6.45) is 1.55. The minimum Gasteiger partial charge on any atom is -0.333 e. The molecule has 0 bridgehead atoms. The van der Waals surface area contributed by atoms with Gasteiger partial charge in [0.1, 0.15) is 11.6 Å². The highest BCUT2D eigenvalue weighted by atomic mass is 32.1. The molecule has 1 rings (SSSR count). The standard InChI is InChI=1S/C9H10F2.H2OS/c1-2-3-7-4-5-8(10)6-9(7)11;1-2/h4-6H,2-3H2,1H3;1-2H. The van der Waals surface area contributed by atoms with Crippen molar-refractivity contribution in [3.05, 3.63) is 35.4 Å². The Hall–Kier alpha value is -0.610. The molecule has 0 aromatic heterocycles. The predicted molar refractivity (Wildman–Crippen MR) is 52.0 cm³/mol. The molecule has 0 heterocycles. The lowest BCUT2D eigenvalue weighted by molar-refractivity contribution is 0.570. The van der Waals surface area contributed by atoms with E-state index in [1.165, 1.54) is 12.1 Å². The number of rotatable bonds is 2. The van der Waals surface area contributed by atoms with Gasteiger partial charge >= 0.3 is 0 Å². The van der Waals surface area contributed by atoms with E-state index in [1.807, 2.05) is 6.92 Å². The van der Waals surface area contributed by atoms with E-state index in [-0.39, 0.29) is 0 Å². The molecule has 0 spiro atoms. The molecular formula is C9H12F2OS. The fourth-order valence-corrected chi connectivity index (χ4v) is 0.994. The van der Waals surface area contributed by atoms with Crippen molar-refractivity contribution in [2.24, 2.45) is 0 Å². The van der Waals surface area contributed by atoms with Crippen LogP contribution in [0.5, 0.6) is 0 Å². The van der Waals surface area contributed by atoms with E-state index in [4.69, 9.17) is 4.55 Å². The number of halogens is 2. The summed E-state index contributed by atoms with van der Waals surface area (Å²) in [5, 5.41) is 0. The molecule has 74 valence electrons. The summed E-state index contributed by atoms with van der Waals surface area (Å²) >= 11 is 2.53. The van der Waals surface area contributed by atoms with Crippen LogP contribution in [0.1, 0.15) is 18.9 Å². The molecule has 4 heteroatoms. The van der Waals surface area contributed by atoms with Crippen molar-refractivity contribution in [1.82, 2.24) is 0 Å². The molecule has 0 fully saturated rings. The number of thiol groups is 1. The minimum absolute atomic E-state index is 0.438. The lowest BCUT2D eigenvalue weighted by Crippen LogP contribution is -1.89. The second kappa shape index (κ2) is 6.86. The van der Waals surface area contributed by atoms with Gasteiger partial charge in [0.05, 0.1) is 0 Å². The third-order valence-electron chi connectivity index (χ3n) is 1.53. The quantitative estimate of drug-likeness (QED) is 0.562. The largest absolute Gasteiger partial charge is 0.333 e. The molecule has 13 heavy (non-hydrogen) atoms. The zero-order valence-corrected chi connectivity index (χ0v) is 8.19. The summed E-state index contributed by atoms with van der Waals surface area (Å²) in [4.78, 5) is 0. The first kappa shape index (κ1) is 12.4. The summed E-state index contributed by atoms with van der Waals surface area (Å²) in [6.45, 7) is 1.96. The third kappa shape index (κ3) is 4.24. The Morgan fingerprint density at radius 2 is 1.92 bits per heavy atom. The predicted octanol–water partition coefficient (Wildman–Crippen LogP) is 3.31. The highest BCUT2D eigenvalue weighted by molar-refractivity contribution is 7.74. The Balaban J connectivity index is 0.000000671. The third-order valence-corrected chi connectivity index (χ3v) is 1.53. The van der Waals surface area contributed by atoms with Gasteiger partial charge in [0.15, 0.2) is 0 Å². The Bertz CT molecular complexity index is 253. The Morgan fingerprint density at radius 1 is 1.31 bits per heavy atom. The van der Waals surface area contributed by atoms with Crippen molar-refractivity contribution in [2.75, 3.05) is 0 Å². The van der Waals surface area contributed by atoms with E-state index in [2.05, 4.69) is 12.9 Å². The van der Waals surface area contributed by atoms with Crippen molar-refractivity contribution >= 4 is 12.9 Å². The highest BCUT2D eigenvalue weighted by Gasteiger charge is 2.00. The molecular weight excluding hydrogens is 194 g/mol. The second-order valence-corrected chi connectivity index (χ2v) is 2.49. The second-order valence-electron chi connectivity index (χ2n) is 2.49. The normalized spacial score (nSPS) is 9.00. The monoisotopic (exact) mass is 206 g/mol. The fourth-order valence-electron chi connectivity index (χ4n) is 0.994. The molecule has 1 nitrogen and oxygen atoms in total. The average Bonchev–Trinajstić information content (AvgIpc) is 2.14. The highest BCUT2D eigenvalue weighted by Crippen LogP contribution is 2.10. The van der Waals surface area contributed by atoms with Gasteiger partial charge in [-0.15, -0.1) is 0 Å². The smallest absolute Gasteiger partial charge is 0.129 e. The molecule has 1 aromatic rings. The molecule has 0 saturated carbocycles. The van der Waals surface area contributed by atoms with Gasteiger partial charge in [-0.25, -0.2) is 8.78 Å². The first-order valence-corrected chi connectivity index (χ1v) is 4.28. The van der Waals surface area contributed by atoms with E-state index in [0.29, 0.717) is 12.0 Å². The lowest BCUT2D eigenvalue weighted by atomic mass is 10.1. The average molecular weight is 206 g/mol. The van der Waals surface area contributed by atoms with Crippen molar-refractivity contribution in [3.8, 4) is 0 Å². The molecule has 0 unspecified atom stereocenters. The molecule has 1 aromatic carbocycles. The van der Waals surface area contributed by atoms with Gasteiger partial charge in [0, 0.05) is 6.07 Å². The van der Waals surface area contributed by atoms with Gasteiger partial charge in [0.2, 0.25) is 0 Å². The van der Waals surface area contributed by atoms with Gasteiger partial charge in [-0.3, -0.25) is 0 Å². The van der Waals surface area contributed by atoms with Crippen LogP contribution in [-0.4, -0.2) is 4.55 Å². The molecule has 1 N–H and O–H groups in total. The first-order chi connectivity index (χ1) is 6.24. The van der Waals surface area contributed by atoms with Crippen LogP contribution >= 0.6 is 12.9 Å².